The smallest absolute Gasteiger partial charge is 0.297 e. The molecule has 6 heterocycles. The highest BCUT2D eigenvalue weighted by atomic mass is 32.2. The van der Waals surface area contributed by atoms with Crippen LogP contribution >= 0.6 is 0 Å². The van der Waals surface area contributed by atoms with Crippen molar-refractivity contribution >= 4 is 54.0 Å². The van der Waals surface area contributed by atoms with E-state index in [0.29, 0.717) is 57.5 Å². The molecule has 3 saturated heterocycles. The van der Waals surface area contributed by atoms with Crippen LogP contribution in [0, 0.1) is 27.3 Å². The van der Waals surface area contributed by atoms with Gasteiger partial charge in [0.2, 0.25) is 10.0 Å². The van der Waals surface area contributed by atoms with E-state index in [2.05, 4.69) is 55.8 Å². The summed E-state index contributed by atoms with van der Waals surface area (Å²) in [5.74, 6) is -1.24. The number of aromatic amines is 1. The van der Waals surface area contributed by atoms with Gasteiger partial charge in [-0.25, -0.2) is 35.2 Å². The van der Waals surface area contributed by atoms with Gasteiger partial charge in [-0.3, -0.25) is 19.8 Å². The second-order valence-corrected chi connectivity index (χ2v) is 24.8. The first-order valence-electron chi connectivity index (χ1n) is 24.6. The third-order valence-electron chi connectivity index (χ3n) is 15.9. The minimum Gasteiger partial charge on any atom is -0.489 e. The third-order valence-corrected chi connectivity index (χ3v) is 18.4. The van der Waals surface area contributed by atoms with Crippen molar-refractivity contribution < 1.29 is 45.5 Å². The van der Waals surface area contributed by atoms with Gasteiger partial charge in [0.25, 0.3) is 21.6 Å². The van der Waals surface area contributed by atoms with E-state index in [4.69, 9.17) is 9.47 Å². The third kappa shape index (κ3) is 9.84. The second kappa shape index (κ2) is 18.9. The number of sulfonamides is 2. The molecule has 18 nitrogen and oxygen atoms in total. The van der Waals surface area contributed by atoms with E-state index < -0.39 is 52.9 Å². The monoisotopic (exact) mass is 1030 g/mol. The molecule has 4 fully saturated rings. The number of nitro groups is 1. The number of nitrogens with zero attached hydrogens (tertiary/aromatic N) is 5. The number of halogens is 1. The van der Waals surface area contributed by atoms with Crippen molar-refractivity contribution in [2.24, 2.45) is 11.3 Å². The molecular formula is C51H61FN8O10S2. The molecule has 5 aliphatic rings. The number of hydrogen-bond donors (Lipinski definition) is 4. The van der Waals surface area contributed by atoms with Crippen molar-refractivity contribution in [3.63, 3.8) is 0 Å². The highest BCUT2D eigenvalue weighted by Gasteiger charge is 2.50. The van der Waals surface area contributed by atoms with Crippen molar-refractivity contribution in [1.82, 2.24) is 23.9 Å². The molecule has 72 heavy (non-hydrogen) atoms. The van der Waals surface area contributed by atoms with Crippen LogP contribution in [0.5, 0.6) is 17.2 Å². The molecular weight excluding hydrogens is 968 g/mol. The molecule has 5 aromatic rings. The Bertz CT molecular complexity index is 3140. The highest BCUT2D eigenvalue weighted by molar-refractivity contribution is 7.90. The van der Waals surface area contributed by atoms with Gasteiger partial charge in [0.05, 0.1) is 44.9 Å². The lowest BCUT2D eigenvalue weighted by Crippen LogP contribution is -2.65. The van der Waals surface area contributed by atoms with Crippen LogP contribution in [-0.2, 0) is 20.0 Å². The number of piperidine rings is 2. The van der Waals surface area contributed by atoms with E-state index in [1.807, 2.05) is 12.1 Å². The number of H-pyrrole nitrogens is 1. The highest BCUT2D eigenvalue weighted by Crippen LogP contribution is 2.48. The Labute approximate surface area is 418 Å². The van der Waals surface area contributed by atoms with E-state index in [9.17, 15) is 41.2 Å². The maximum absolute atomic E-state index is 14.7. The SMILES string of the molecule is CC(C)c1ccccc1[C@@H]1CN(S(C)(=O)=O)CC[C@@H]1N1CC2(CCN(c3ccc(C(=O)NS(=O)(=O)c4cc5c(c([N+](=O)[O-])c4)N[C@@H]([C@H]4CC[C@](C)(O)CC4)CO5)c(Oc4cnc5[nH]cc(F)c5c4)c3)CC2)C1. The summed E-state index contributed by atoms with van der Waals surface area (Å²) in [6, 6.07) is 16.6. The van der Waals surface area contributed by atoms with E-state index in [1.165, 1.54) is 35.7 Å². The Morgan fingerprint density at radius 2 is 1.75 bits per heavy atom. The number of pyridine rings is 1. The minimum absolute atomic E-state index is 0.0280. The lowest BCUT2D eigenvalue weighted by Gasteiger charge is -2.59. The van der Waals surface area contributed by atoms with Crippen LogP contribution < -0.4 is 24.4 Å². The molecule has 0 radical (unpaired) electrons. The molecule has 1 amide bonds. The van der Waals surface area contributed by atoms with E-state index in [-0.39, 0.29) is 81.4 Å². The van der Waals surface area contributed by atoms with Gasteiger partial charge in [-0.15, -0.1) is 0 Å². The maximum atomic E-state index is 14.7. The normalized spacial score (nSPS) is 24.8. The molecule has 0 bridgehead atoms. The molecule has 4 aliphatic heterocycles. The zero-order chi connectivity index (χ0) is 50.9. The average Bonchev–Trinajstić information content (AvgIpc) is 3.71. The fourth-order valence-corrected chi connectivity index (χ4v) is 13.6. The van der Waals surface area contributed by atoms with Crippen molar-refractivity contribution in [3.8, 4) is 17.2 Å². The first kappa shape index (κ1) is 49.7. The summed E-state index contributed by atoms with van der Waals surface area (Å²) in [7, 11) is -8.12. The van der Waals surface area contributed by atoms with Crippen molar-refractivity contribution in [2.45, 2.75) is 100 Å². The fraction of sp³-hybridized carbons (Fsp3) is 0.490. The van der Waals surface area contributed by atoms with Gasteiger partial charge in [0, 0.05) is 81.3 Å². The number of carbonyl (C=O) groups excluding carboxylic acids is 1. The zero-order valence-corrected chi connectivity index (χ0v) is 42.4. The summed E-state index contributed by atoms with van der Waals surface area (Å²) in [6.07, 6.45) is 8.80. The first-order valence-corrected chi connectivity index (χ1v) is 28.0. The molecule has 3 aromatic carbocycles. The Hall–Kier alpha value is -5.87. The van der Waals surface area contributed by atoms with Gasteiger partial charge in [-0.05, 0) is 98.4 Å². The predicted molar refractivity (Wildman–Crippen MR) is 269 cm³/mol. The second-order valence-electron chi connectivity index (χ2n) is 21.1. The molecule has 384 valence electrons. The number of anilines is 2. The van der Waals surface area contributed by atoms with Crippen LogP contribution in [0.1, 0.15) is 99.0 Å². The number of hydrogen-bond acceptors (Lipinski definition) is 14. The number of carbonyl (C=O) groups is 1. The number of aromatic nitrogens is 2. The Kier molecular flexibility index (Phi) is 13.0. The molecule has 21 heteroatoms. The fourth-order valence-electron chi connectivity index (χ4n) is 11.7. The van der Waals surface area contributed by atoms with Crippen LogP contribution in [0.3, 0.4) is 0 Å². The largest absolute Gasteiger partial charge is 0.489 e. The molecule has 3 atom stereocenters. The zero-order valence-electron chi connectivity index (χ0n) is 40.8. The Balaban J connectivity index is 0.866. The van der Waals surface area contributed by atoms with Gasteiger partial charge in [0.1, 0.15) is 29.6 Å². The van der Waals surface area contributed by atoms with Crippen molar-refractivity contribution in [3.05, 3.63) is 106 Å². The standard InChI is InChI=1S/C51H61FN8O10S2/c1-31(2)36-7-5-6-8-37(36)40-27-59(71(4,65)66)18-13-43(40)58-29-51(30-58)16-19-57(20-17-51)33-9-10-38(45(21-33)70-34-22-39-41(52)26-54-48(39)53-25-34)49(61)56-72(67,68)35-23-44(60(63)64)47-46(24-35)69-28-42(55-47)32-11-14-50(3,62)15-12-32/h5-10,21-26,31-32,40,42-43,55,62H,11-20,27-30H2,1-4H3,(H,53,54)(H,56,61)/t32-,40-,42+,43-,50-/m0/s1. The van der Waals surface area contributed by atoms with Crippen LogP contribution in [-0.4, -0.2) is 122 Å². The van der Waals surface area contributed by atoms with Gasteiger partial charge in [-0.2, -0.15) is 0 Å². The number of ether oxygens (including phenoxy) is 2. The van der Waals surface area contributed by atoms with E-state index in [0.717, 1.165) is 50.7 Å². The Morgan fingerprint density at radius 3 is 2.46 bits per heavy atom. The van der Waals surface area contributed by atoms with Gasteiger partial charge < -0.3 is 29.8 Å². The average molecular weight is 1030 g/mol. The van der Waals surface area contributed by atoms with Crippen molar-refractivity contribution in [2.75, 3.05) is 62.3 Å². The predicted octanol–water partition coefficient (Wildman–Crippen LogP) is 7.48. The van der Waals surface area contributed by atoms with Crippen LogP contribution in [0.25, 0.3) is 11.0 Å². The summed E-state index contributed by atoms with van der Waals surface area (Å²) in [5, 5.41) is 26.2. The number of amides is 1. The topological polar surface area (TPSA) is 230 Å². The molecule has 0 unspecified atom stereocenters. The lowest BCUT2D eigenvalue weighted by atomic mass is 9.69. The molecule has 10 rings (SSSR count). The molecule has 4 N–H and O–H groups in total. The summed E-state index contributed by atoms with van der Waals surface area (Å²) < 4.78 is 84.2. The number of fused-ring (bicyclic) bond motifs is 2. The number of nitrogens with one attached hydrogen (secondary N) is 3. The van der Waals surface area contributed by atoms with Crippen molar-refractivity contribution in [1.29, 1.82) is 0 Å². The summed E-state index contributed by atoms with van der Waals surface area (Å²) in [4.78, 5) is 37.0. The summed E-state index contributed by atoms with van der Waals surface area (Å²) in [5.41, 5.74) is 2.06. The number of rotatable bonds is 12. The van der Waals surface area contributed by atoms with Crippen LogP contribution in [0.2, 0.25) is 0 Å². The number of likely N-dealkylation sites (tertiary alicyclic amines) is 1. The minimum atomic E-state index is -4.75. The summed E-state index contributed by atoms with van der Waals surface area (Å²) in [6.45, 7) is 10.3. The van der Waals surface area contributed by atoms with E-state index in [1.54, 1.807) is 23.4 Å². The molecule has 1 saturated carbocycles. The molecule has 1 aliphatic carbocycles. The molecule has 1 spiro atoms. The quantitative estimate of drug-likeness (QED) is 0.0702. The van der Waals surface area contributed by atoms with Crippen LogP contribution in [0.4, 0.5) is 21.5 Å². The van der Waals surface area contributed by atoms with Crippen LogP contribution in [0.15, 0.2) is 78.0 Å². The summed E-state index contributed by atoms with van der Waals surface area (Å²) >= 11 is 0. The number of benzene rings is 3. The maximum Gasteiger partial charge on any atom is 0.297 e. The van der Waals surface area contributed by atoms with Gasteiger partial charge >= 0.3 is 0 Å². The number of nitro benzene ring substituents is 1. The van der Waals surface area contributed by atoms with Gasteiger partial charge in [0.15, 0.2) is 11.4 Å². The van der Waals surface area contributed by atoms with E-state index >= 15 is 0 Å². The Morgan fingerprint density at radius 1 is 1.01 bits per heavy atom. The number of aliphatic hydroxyl groups is 1. The lowest BCUT2D eigenvalue weighted by molar-refractivity contribution is -0.384. The van der Waals surface area contributed by atoms with Gasteiger partial charge in [-0.1, -0.05) is 38.1 Å². The first-order chi connectivity index (χ1) is 34.2. The molecule has 2 aromatic heterocycles.